The minimum atomic E-state index is -0.0791. The van der Waals surface area contributed by atoms with Crippen LogP contribution in [-0.4, -0.2) is 15.4 Å². The van der Waals surface area contributed by atoms with Crippen LogP contribution in [0.4, 0.5) is 0 Å². The Bertz CT molecular complexity index is 614. The molecule has 18 heavy (non-hydrogen) atoms. The Kier molecular flexibility index (Phi) is 3.32. The van der Waals surface area contributed by atoms with E-state index < -0.39 is 0 Å². The predicted octanol–water partition coefficient (Wildman–Crippen LogP) is 3.44. The molecule has 0 atom stereocenters. The van der Waals surface area contributed by atoms with Crippen molar-refractivity contribution in [1.29, 1.82) is 5.26 Å². The van der Waals surface area contributed by atoms with Crippen LogP contribution in [0.1, 0.15) is 32.2 Å². The molecule has 0 N–H and O–H groups in total. The lowest BCUT2D eigenvalue weighted by Crippen LogP contribution is -2.24. The maximum atomic E-state index is 9.14. The highest BCUT2D eigenvalue weighted by Gasteiger charge is 2.22. The molecule has 0 amide bonds. The molecule has 0 aliphatic rings. The molecule has 0 saturated carbocycles. The van der Waals surface area contributed by atoms with Crippen molar-refractivity contribution in [1.82, 2.24) is 9.55 Å². The molecule has 0 fully saturated rings. The number of nitriles is 1. The van der Waals surface area contributed by atoms with Gasteiger partial charge in [0.15, 0.2) is 0 Å². The van der Waals surface area contributed by atoms with E-state index in [1.54, 1.807) is 6.07 Å². The molecule has 2 aromatic rings. The first-order chi connectivity index (χ1) is 8.49. The van der Waals surface area contributed by atoms with Gasteiger partial charge in [-0.1, -0.05) is 6.07 Å². The van der Waals surface area contributed by atoms with Crippen LogP contribution in [-0.2, 0) is 12.0 Å². The maximum Gasteiger partial charge on any atom is 0.111 e. The molecule has 1 aromatic heterocycles. The van der Waals surface area contributed by atoms with E-state index in [2.05, 4.69) is 36.4 Å². The van der Waals surface area contributed by atoms with Gasteiger partial charge in [0.2, 0.25) is 0 Å². The van der Waals surface area contributed by atoms with Gasteiger partial charge in [-0.2, -0.15) is 5.26 Å². The molecule has 0 aliphatic heterocycles. The Morgan fingerprint density at radius 2 is 2.11 bits per heavy atom. The first kappa shape index (κ1) is 12.9. The molecule has 0 unspecified atom stereocenters. The van der Waals surface area contributed by atoms with E-state index in [9.17, 15) is 0 Å². The van der Waals surface area contributed by atoms with Crippen LogP contribution < -0.4 is 0 Å². The minimum absolute atomic E-state index is 0.0791. The topological polar surface area (TPSA) is 41.6 Å². The lowest BCUT2D eigenvalue weighted by atomic mass is 10.1. The Morgan fingerprint density at radius 3 is 2.67 bits per heavy atom. The highest BCUT2D eigenvalue weighted by atomic mass is 35.5. The summed E-state index contributed by atoms with van der Waals surface area (Å²) in [4.78, 5) is 4.60. The zero-order valence-corrected chi connectivity index (χ0v) is 11.6. The largest absolute Gasteiger partial charge is 0.323 e. The lowest BCUT2D eigenvalue weighted by Gasteiger charge is -2.24. The molecule has 0 radical (unpaired) electrons. The number of hydrogen-bond donors (Lipinski definition) is 0. The molecule has 2 rings (SSSR count). The normalized spacial score (nSPS) is 11.7. The van der Waals surface area contributed by atoms with Crippen LogP contribution in [0.5, 0.6) is 0 Å². The number of aryl methyl sites for hydroxylation is 1. The van der Waals surface area contributed by atoms with Crippen molar-refractivity contribution in [2.45, 2.75) is 32.7 Å². The average Bonchev–Trinajstić information content (AvgIpc) is 2.66. The standard InChI is InChI=1S/C14H16ClN3/c1-14(2,3)18-11-6-4-5-10(9-16)13(11)17-12(18)7-8-15/h4-6H,7-8H2,1-3H3. The first-order valence-electron chi connectivity index (χ1n) is 5.96. The number of alkyl halides is 1. The van der Waals surface area contributed by atoms with E-state index in [0.29, 0.717) is 17.9 Å². The number of nitrogens with zero attached hydrogens (tertiary/aromatic N) is 3. The third-order valence-electron chi connectivity index (χ3n) is 2.86. The van der Waals surface area contributed by atoms with E-state index in [0.717, 1.165) is 16.9 Å². The smallest absolute Gasteiger partial charge is 0.111 e. The van der Waals surface area contributed by atoms with Crippen molar-refractivity contribution in [3.05, 3.63) is 29.6 Å². The molecular weight excluding hydrogens is 246 g/mol. The third kappa shape index (κ3) is 2.09. The van der Waals surface area contributed by atoms with Crippen LogP contribution in [0.3, 0.4) is 0 Å². The quantitative estimate of drug-likeness (QED) is 0.777. The number of hydrogen-bond acceptors (Lipinski definition) is 2. The van der Waals surface area contributed by atoms with E-state index in [1.165, 1.54) is 0 Å². The van der Waals surface area contributed by atoms with Gasteiger partial charge in [0, 0.05) is 17.8 Å². The van der Waals surface area contributed by atoms with E-state index >= 15 is 0 Å². The SMILES string of the molecule is CC(C)(C)n1c(CCCl)nc2c(C#N)cccc21. The number of rotatable bonds is 2. The summed E-state index contributed by atoms with van der Waals surface area (Å²) in [5.41, 5.74) is 2.31. The summed E-state index contributed by atoms with van der Waals surface area (Å²) in [6.45, 7) is 6.39. The summed E-state index contributed by atoms with van der Waals surface area (Å²) < 4.78 is 2.17. The molecule has 0 saturated heterocycles. The molecule has 0 spiro atoms. The van der Waals surface area contributed by atoms with E-state index in [1.807, 2.05) is 12.1 Å². The van der Waals surface area contributed by atoms with Crippen molar-refractivity contribution in [3.8, 4) is 6.07 Å². The van der Waals surface area contributed by atoms with E-state index in [-0.39, 0.29) is 5.54 Å². The Labute approximate surface area is 112 Å². The molecular formula is C14H16ClN3. The van der Waals surface area contributed by atoms with Crippen LogP contribution in [0.2, 0.25) is 0 Å². The number of benzene rings is 1. The number of fused-ring (bicyclic) bond motifs is 1. The van der Waals surface area contributed by atoms with Crippen molar-refractivity contribution in [3.63, 3.8) is 0 Å². The molecule has 1 aromatic carbocycles. The molecule has 3 nitrogen and oxygen atoms in total. The molecule has 4 heteroatoms. The van der Waals surface area contributed by atoms with E-state index in [4.69, 9.17) is 16.9 Å². The first-order valence-corrected chi connectivity index (χ1v) is 6.49. The Morgan fingerprint density at radius 1 is 1.39 bits per heavy atom. The number of para-hydroxylation sites is 1. The Hall–Kier alpha value is -1.53. The maximum absolute atomic E-state index is 9.14. The number of imidazole rings is 1. The van der Waals surface area contributed by atoms with Crippen molar-refractivity contribution >= 4 is 22.6 Å². The van der Waals surface area contributed by atoms with Gasteiger partial charge >= 0.3 is 0 Å². The molecule has 0 bridgehead atoms. The van der Waals surface area contributed by atoms with Gasteiger partial charge in [-0.3, -0.25) is 0 Å². The van der Waals surface area contributed by atoms with Crippen molar-refractivity contribution in [2.24, 2.45) is 0 Å². The van der Waals surface area contributed by atoms with Gasteiger partial charge in [0.05, 0.1) is 11.1 Å². The summed E-state index contributed by atoms with van der Waals surface area (Å²) in [6.07, 6.45) is 0.707. The van der Waals surface area contributed by atoms with Gasteiger partial charge < -0.3 is 4.57 Å². The summed E-state index contributed by atoms with van der Waals surface area (Å²) >= 11 is 5.84. The second-order valence-corrected chi connectivity index (χ2v) is 5.64. The van der Waals surface area contributed by atoms with Gasteiger partial charge in [0.1, 0.15) is 17.4 Å². The fraction of sp³-hybridized carbons (Fsp3) is 0.429. The second kappa shape index (κ2) is 4.62. The summed E-state index contributed by atoms with van der Waals surface area (Å²) in [7, 11) is 0. The van der Waals surface area contributed by atoms with Crippen LogP contribution >= 0.6 is 11.6 Å². The van der Waals surface area contributed by atoms with Crippen molar-refractivity contribution < 1.29 is 0 Å². The number of halogens is 1. The van der Waals surface area contributed by atoms with Gasteiger partial charge in [-0.15, -0.1) is 11.6 Å². The summed E-state index contributed by atoms with van der Waals surface area (Å²) in [6, 6.07) is 7.90. The Balaban J connectivity index is 2.81. The van der Waals surface area contributed by atoms with Gasteiger partial charge in [0.25, 0.3) is 0 Å². The molecule has 0 aliphatic carbocycles. The predicted molar refractivity (Wildman–Crippen MR) is 73.9 cm³/mol. The van der Waals surface area contributed by atoms with Crippen LogP contribution in [0, 0.1) is 11.3 Å². The van der Waals surface area contributed by atoms with Crippen LogP contribution in [0.15, 0.2) is 18.2 Å². The van der Waals surface area contributed by atoms with Gasteiger partial charge in [-0.05, 0) is 32.9 Å². The zero-order chi connectivity index (χ0) is 13.3. The second-order valence-electron chi connectivity index (χ2n) is 5.26. The average molecular weight is 262 g/mol. The van der Waals surface area contributed by atoms with Crippen LogP contribution in [0.25, 0.3) is 11.0 Å². The molecule has 1 heterocycles. The fourth-order valence-electron chi connectivity index (χ4n) is 2.24. The van der Waals surface area contributed by atoms with Crippen molar-refractivity contribution in [2.75, 3.05) is 5.88 Å². The lowest BCUT2D eigenvalue weighted by molar-refractivity contribution is 0.395. The molecule has 94 valence electrons. The zero-order valence-electron chi connectivity index (χ0n) is 10.9. The minimum Gasteiger partial charge on any atom is -0.323 e. The summed E-state index contributed by atoms with van der Waals surface area (Å²) in [5.74, 6) is 1.47. The van der Waals surface area contributed by atoms with Gasteiger partial charge in [-0.25, -0.2) is 4.98 Å². The fourth-order valence-corrected chi connectivity index (χ4v) is 2.41. The highest BCUT2D eigenvalue weighted by molar-refractivity contribution is 6.17. The third-order valence-corrected chi connectivity index (χ3v) is 3.05. The monoisotopic (exact) mass is 261 g/mol. The summed E-state index contributed by atoms with van der Waals surface area (Å²) in [5, 5.41) is 9.14. The highest BCUT2D eigenvalue weighted by Crippen LogP contribution is 2.27. The number of aromatic nitrogens is 2.